The fraction of sp³-hybridized carbons (Fsp3) is 0.421. The Balaban J connectivity index is 1.82. The molecule has 1 aliphatic rings. The van der Waals surface area contributed by atoms with E-state index in [-0.39, 0.29) is 19.0 Å². The summed E-state index contributed by atoms with van der Waals surface area (Å²) in [5.74, 6) is 0.134. The SMILES string of the molecule is NCc1cc(C(=O)NCC2(c3cccc(C(F)(F)F)c3)CCOCC2)co1. The van der Waals surface area contributed by atoms with Gasteiger partial charge in [0.15, 0.2) is 0 Å². The largest absolute Gasteiger partial charge is 0.467 e. The van der Waals surface area contributed by atoms with Gasteiger partial charge in [0.05, 0.1) is 17.7 Å². The number of halogens is 3. The maximum absolute atomic E-state index is 13.1. The van der Waals surface area contributed by atoms with Crippen LogP contribution in [0.3, 0.4) is 0 Å². The zero-order valence-electron chi connectivity index (χ0n) is 14.6. The van der Waals surface area contributed by atoms with Gasteiger partial charge in [0.1, 0.15) is 12.0 Å². The van der Waals surface area contributed by atoms with Crippen LogP contribution in [0.4, 0.5) is 13.2 Å². The van der Waals surface area contributed by atoms with E-state index in [1.807, 2.05) is 0 Å². The molecule has 27 heavy (non-hydrogen) atoms. The van der Waals surface area contributed by atoms with E-state index in [0.29, 0.717) is 42.9 Å². The first kappa shape index (κ1) is 19.4. The Bertz CT molecular complexity index is 795. The number of furan rings is 1. The Morgan fingerprint density at radius 1 is 1.22 bits per heavy atom. The number of carbonyl (C=O) groups is 1. The second-order valence-corrected chi connectivity index (χ2v) is 6.66. The van der Waals surface area contributed by atoms with Crippen LogP contribution in [0.25, 0.3) is 0 Å². The van der Waals surface area contributed by atoms with Crippen molar-refractivity contribution in [2.24, 2.45) is 5.73 Å². The number of carbonyl (C=O) groups excluding carboxylic acids is 1. The summed E-state index contributed by atoms with van der Waals surface area (Å²) in [7, 11) is 0. The molecule has 0 unspecified atom stereocenters. The molecule has 8 heteroatoms. The molecule has 3 rings (SSSR count). The van der Waals surface area contributed by atoms with Gasteiger partial charge in [0.25, 0.3) is 5.91 Å². The molecule has 0 atom stereocenters. The highest BCUT2D eigenvalue weighted by Gasteiger charge is 2.37. The molecule has 2 aromatic rings. The van der Waals surface area contributed by atoms with Crippen molar-refractivity contribution in [1.29, 1.82) is 0 Å². The highest BCUT2D eigenvalue weighted by molar-refractivity contribution is 5.94. The summed E-state index contributed by atoms with van der Waals surface area (Å²) in [4.78, 5) is 12.4. The standard InChI is InChI=1S/C19H21F3N2O3/c20-19(21,22)15-3-1-2-14(9-15)18(4-6-26-7-5-18)12-24-17(25)13-8-16(10-23)27-11-13/h1-3,8-9,11H,4-7,10,12,23H2,(H,24,25). The molecule has 1 amide bonds. The van der Waals surface area contributed by atoms with E-state index < -0.39 is 17.2 Å². The second-order valence-electron chi connectivity index (χ2n) is 6.66. The summed E-state index contributed by atoms with van der Waals surface area (Å²) in [6.45, 7) is 1.24. The van der Waals surface area contributed by atoms with Gasteiger partial charge in [-0.15, -0.1) is 0 Å². The van der Waals surface area contributed by atoms with E-state index in [0.717, 1.165) is 6.07 Å². The van der Waals surface area contributed by atoms with Crippen molar-refractivity contribution in [3.63, 3.8) is 0 Å². The molecule has 0 radical (unpaired) electrons. The van der Waals surface area contributed by atoms with Crippen LogP contribution < -0.4 is 11.1 Å². The lowest BCUT2D eigenvalue weighted by Gasteiger charge is -2.38. The monoisotopic (exact) mass is 382 g/mol. The fourth-order valence-electron chi connectivity index (χ4n) is 3.31. The van der Waals surface area contributed by atoms with Crippen LogP contribution in [0.2, 0.25) is 0 Å². The predicted octanol–water partition coefficient (Wildman–Crippen LogP) is 3.24. The zero-order valence-corrected chi connectivity index (χ0v) is 14.6. The molecular formula is C19H21F3N2O3. The predicted molar refractivity (Wildman–Crippen MR) is 92.1 cm³/mol. The lowest BCUT2D eigenvalue weighted by molar-refractivity contribution is -0.137. The van der Waals surface area contributed by atoms with Gasteiger partial charge in [0.2, 0.25) is 0 Å². The van der Waals surface area contributed by atoms with E-state index in [1.54, 1.807) is 12.1 Å². The van der Waals surface area contributed by atoms with Crippen LogP contribution >= 0.6 is 0 Å². The molecule has 2 heterocycles. The Labute approximate surface area is 154 Å². The summed E-state index contributed by atoms with van der Waals surface area (Å²) in [6, 6.07) is 6.85. The van der Waals surface area contributed by atoms with Crippen LogP contribution in [0.1, 0.15) is 40.1 Å². The number of amides is 1. The third-order valence-corrected chi connectivity index (χ3v) is 4.96. The minimum Gasteiger partial charge on any atom is -0.467 e. The summed E-state index contributed by atoms with van der Waals surface area (Å²) in [5.41, 5.74) is 5.05. The van der Waals surface area contributed by atoms with Crippen LogP contribution in [-0.2, 0) is 22.9 Å². The minimum absolute atomic E-state index is 0.179. The highest BCUT2D eigenvalue weighted by atomic mass is 19.4. The van der Waals surface area contributed by atoms with E-state index >= 15 is 0 Å². The van der Waals surface area contributed by atoms with E-state index in [4.69, 9.17) is 14.9 Å². The number of benzene rings is 1. The Kier molecular flexibility index (Phi) is 5.57. The van der Waals surface area contributed by atoms with Gasteiger partial charge in [-0.3, -0.25) is 4.79 Å². The van der Waals surface area contributed by atoms with Gasteiger partial charge in [0, 0.05) is 25.2 Å². The van der Waals surface area contributed by atoms with Crippen molar-refractivity contribution in [3.8, 4) is 0 Å². The highest BCUT2D eigenvalue weighted by Crippen LogP contribution is 2.37. The topological polar surface area (TPSA) is 77.5 Å². The quantitative estimate of drug-likeness (QED) is 0.832. The molecule has 0 saturated carbocycles. The van der Waals surface area contributed by atoms with Gasteiger partial charge in [-0.1, -0.05) is 18.2 Å². The maximum atomic E-state index is 13.1. The molecule has 1 aromatic heterocycles. The van der Waals surface area contributed by atoms with Crippen LogP contribution in [0.15, 0.2) is 41.0 Å². The van der Waals surface area contributed by atoms with E-state index in [1.165, 1.54) is 18.4 Å². The van der Waals surface area contributed by atoms with Crippen molar-refractivity contribution in [2.75, 3.05) is 19.8 Å². The summed E-state index contributed by atoms with van der Waals surface area (Å²) >= 11 is 0. The Morgan fingerprint density at radius 2 is 1.96 bits per heavy atom. The van der Waals surface area contributed by atoms with Gasteiger partial charge < -0.3 is 20.2 Å². The van der Waals surface area contributed by atoms with Gasteiger partial charge in [-0.25, -0.2) is 0 Å². The normalized spacial score (nSPS) is 16.9. The van der Waals surface area contributed by atoms with Crippen molar-refractivity contribution in [2.45, 2.75) is 31.0 Å². The molecule has 1 aliphatic heterocycles. The minimum atomic E-state index is -4.42. The number of rotatable bonds is 5. The molecule has 0 bridgehead atoms. The van der Waals surface area contributed by atoms with Crippen LogP contribution in [0.5, 0.6) is 0 Å². The zero-order chi connectivity index (χ0) is 19.5. The lowest BCUT2D eigenvalue weighted by Crippen LogP contribution is -2.44. The molecule has 146 valence electrons. The van der Waals surface area contributed by atoms with Crippen molar-refractivity contribution in [3.05, 3.63) is 59.0 Å². The maximum Gasteiger partial charge on any atom is 0.416 e. The number of nitrogens with two attached hydrogens (primary N) is 1. The summed E-state index contributed by atoms with van der Waals surface area (Å²) in [5, 5.41) is 2.83. The molecule has 3 N–H and O–H groups in total. The first-order chi connectivity index (χ1) is 12.8. The molecule has 5 nitrogen and oxygen atoms in total. The number of alkyl halides is 3. The Hall–Kier alpha value is -2.32. The van der Waals surface area contributed by atoms with Crippen molar-refractivity contribution >= 4 is 5.91 Å². The average molecular weight is 382 g/mol. The number of hydrogen-bond donors (Lipinski definition) is 2. The molecular weight excluding hydrogens is 361 g/mol. The first-order valence-corrected chi connectivity index (χ1v) is 8.65. The summed E-state index contributed by atoms with van der Waals surface area (Å²) in [6.07, 6.45) is -2.05. The van der Waals surface area contributed by atoms with Crippen LogP contribution in [-0.4, -0.2) is 25.7 Å². The molecule has 0 spiro atoms. The third-order valence-electron chi connectivity index (χ3n) is 4.96. The number of ether oxygens (including phenoxy) is 1. The molecule has 1 aromatic carbocycles. The van der Waals surface area contributed by atoms with Crippen molar-refractivity contribution < 1.29 is 27.1 Å². The van der Waals surface area contributed by atoms with E-state index in [9.17, 15) is 18.0 Å². The summed E-state index contributed by atoms with van der Waals surface area (Å²) < 4.78 is 49.9. The third kappa shape index (κ3) is 4.33. The average Bonchev–Trinajstić information content (AvgIpc) is 3.16. The Morgan fingerprint density at radius 3 is 2.59 bits per heavy atom. The molecule has 1 fully saturated rings. The number of nitrogens with one attached hydrogen (secondary N) is 1. The number of hydrogen-bond acceptors (Lipinski definition) is 4. The van der Waals surface area contributed by atoms with Crippen LogP contribution in [0, 0.1) is 0 Å². The lowest BCUT2D eigenvalue weighted by atomic mass is 9.73. The van der Waals surface area contributed by atoms with E-state index in [2.05, 4.69) is 5.32 Å². The fourth-order valence-corrected chi connectivity index (χ4v) is 3.31. The van der Waals surface area contributed by atoms with Crippen molar-refractivity contribution in [1.82, 2.24) is 5.32 Å². The van der Waals surface area contributed by atoms with Gasteiger partial charge in [-0.2, -0.15) is 13.2 Å². The first-order valence-electron chi connectivity index (χ1n) is 8.65. The smallest absolute Gasteiger partial charge is 0.416 e. The second kappa shape index (κ2) is 7.74. The molecule has 1 saturated heterocycles. The van der Waals surface area contributed by atoms with Gasteiger partial charge >= 0.3 is 6.18 Å². The van der Waals surface area contributed by atoms with Gasteiger partial charge in [-0.05, 0) is 30.5 Å². The molecule has 0 aliphatic carbocycles.